The smallest absolute Gasteiger partial charge is 0.349 e. The number of Topliss-reactive ketones (excluding diaryl/α,β-unsaturated/α-hetero) is 1. The van der Waals surface area contributed by atoms with Gasteiger partial charge in [-0.05, 0) is 60.4 Å². The Morgan fingerprint density at radius 1 is 1.19 bits per heavy atom. The topological polar surface area (TPSA) is 114 Å². The van der Waals surface area contributed by atoms with Gasteiger partial charge in [-0.25, -0.2) is 13.2 Å². The fourth-order valence-electron chi connectivity index (χ4n) is 3.38. The molecule has 0 radical (unpaired) electrons. The van der Waals surface area contributed by atoms with Crippen LogP contribution in [-0.2, 0) is 26.0 Å². The van der Waals surface area contributed by atoms with E-state index in [4.69, 9.17) is 9.47 Å². The van der Waals surface area contributed by atoms with E-state index >= 15 is 0 Å². The maximum Gasteiger partial charge on any atom is 0.349 e. The largest absolute Gasteiger partial charge is 0.497 e. The average molecular weight is 455 g/mol. The Morgan fingerprint density at radius 3 is 2.53 bits per heavy atom. The first kappa shape index (κ1) is 23.0. The number of benzene rings is 2. The zero-order valence-corrected chi connectivity index (χ0v) is 18.5. The number of carbonyl (C=O) groups excluding carboxylic acids is 2. The van der Waals surface area contributed by atoms with Crippen LogP contribution in [0.1, 0.15) is 27.9 Å². The molecule has 0 N–H and O–H groups in total. The van der Waals surface area contributed by atoms with Gasteiger partial charge in [0.1, 0.15) is 17.4 Å². The molecule has 8 nitrogen and oxygen atoms in total. The van der Waals surface area contributed by atoms with Crippen molar-refractivity contribution in [2.24, 2.45) is 0 Å². The summed E-state index contributed by atoms with van der Waals surface area (Å²) in [5.41, 5.74) is 1.98. The number of esters is 1. The number of fused-ring (bicyclic) bond motifs is 1. The molecule has 0 unspecified atom stereocenters. The summed E-state index contributed by atoms with van der Waals surface area (Å²) in [6, 6.07) is 13.3. The Kier molecular flexibility index (Phi) is 6.95. The lowest BCUT2D eigenvalue weighted by Crippen LogP contribution is -2.34. The molecule has 3 rings (SSSR count). The lowest BCUT2D eigenvalue weighted by Gasteiger charge is -2.29. The number of carbonyl (C=O) groups is 2. The summed E-state index contributed by atoms with van der Waals surface area (Å²) in [6.07, 6.45) is 3.80. The molecule has 9 heteroatoms. The molecule has 2 aromatic rings. The van der Waals surface area contributed by atoms with E-state index in [0.717, 1.165) is 11.8 Å². The van der Waals surface area contributed by atoms with Crippen molar-refractivity contribution in [3.05, 3.63) is 64.7 Å². The summed E-state index contributed by atoms with van der Waals surface area (Å²) >= 11 is 0. The van der Waals surface area contributed by atoms with Gasteiger partial charge in [-0.1, -0.05) is 12.1 Å². The third-order valence-electron chi connectivity index (χ3n) is 4.98. The van der Waals surface area contributed by atoms with E-state index in [9.17, 15) is 23.3 Å². The fraction of sp³-hybridized carbons (Fsp3) is 0.261. The number of hydrogen-bond acceptors (Lipinski definition) is 7. The van der Waals surface area contributed by atoms with Gasteiger partial charge in [0.15, 0.2) is 12.4 Å². The zero-order chi connectivity index (χ0) is 23.3. The van der Waals surface area contributed by atoms with E-state index < -0.39 is 28.4 Å². The number of anilines is 1. The monoisotopic (exact) mass is 454 g/mol. The SMILES string of the molecule is COc1ccc(/C=C(\C#N)C(=O)OCC(=O)c2ccc3c(c2)CCCN3S(C)(=O)=O)cc1. The van der Waals surface area contributed by atoms with Crippen LogP contribution in [0.15, 0.2) is 48.0 Å². The van der Waals surface area contributed by atoms with Gasteiger partial charge in [0.2, 0.25) is 10.0 Å². The Labute approximate surface area is 186 Å². The lowest BCUT2D eigenvalue weighted by atomic mass is 9.99. The molecule has 1 aliphatic heterocycles. The first-order valence-electron chi connectivity index (χ1n) is 9.79. The van der Waals surface area contributed by atoms with Crippen LogP contribution in [0.5, 0.6) is 5.75 Å². The Morgan fingerprint density at radius 2 is 1.91 bits per heavy atom. The molecule has 0 fully saturated rings. The maximum atomic E-state index is 12.5. The first-order valence-corrected chi connectivity index (χ1v) is 11.6. The highest BCUT2D eigenvalue weighted by atomic mass is 32.2. The highest BCUT2D eigenvalue weighted by Crippen LogP contribution is 2.30. The Hall–Kier alpha value is -3.64. The summed E-state index contributed by atoms with van der Waals surface area (Å²) in [7, 11) is -1.87. The van der Waals surface area contributed by atoms with E-state index in [1.165, 1.54) is 23.6 Å². The summed E-state index contributed by atoms with van der Waals surface area (Å²) in [4.78, 5) is 24.8. The van der Waals surface area contributed by atoms with E-state index in [2.05, 4.69) is 0 Å². The summed E-state index contributed by atoms with van der Waals surface area (Å²) < 4.78 is 35.4. The van der Waals surface area contributed by atoms with Crippen LogP contribution >= 0.6 is 0 Å². The van der Waals surface area contributed by atoms with Crippen LogP contribution in [0.25, 0.3) is 6.08 Å². The molecule has 1 heterocycles. The van der Waals surface area contributed by atoms with Gasteiger partial charge >= 0.3 is 5.97 Å². The minimum absolute atomic E-state index is 0.239. The van der Waals surface area contributed by atoms with Gasteiger partial charge in [0.25, 0.3) is 0 Å². The number of nitrogens with zero attached hydrogens (tertiary/aromatic N) is 2. The molecule has 2 aromatic carbocycles. The van der Waals surface area contributed by atoms with Crippen LogP contribution in [0.2, 0.25) is 0 Å². The molecule has 0 aromatic heterocycles. The third kappa shape index (κ3) is 5.34. The number of ether oxygens (including phenoxy) is 2. The van der Waals surface area contributed by atoms with Crippen LogP contribution in [0.3, 0.4) is 0 Å². The molecule has 0 aliphatic carbocycles. The van der Waals surface area contributed by atoms with Gasteiger partial charge in [-0.15, -0.1) is 0 Å². The highest BCUT2D eigenvalue weighted by Gasteiger charge is 2.25. The van der Waals surface area contributed by atoms with Gasteiger partial charge in [-0.3, -0.25) is 9.10 Å². The molecule has 166 valence electrons. The van der Waals surface area contributed by atoms with Crippen molar-refractivity contribution in [2.75, 3.05) is 30.8 Å². The summed E-state index contributed by atoms with van der Waals surface area (Å²) in [5.74, 6) is -0.712. The second-order valence-electron chi connectivity index (χ2n) is 7.22. The molecule has 0 spiro atoms. The average Bonchev–Trinajstić information content (AvgIpc) is 2.79. The molecule has 0 saturated carbocycles. The van der Waals surface area contributed by atoms with Crippen molar-refractivity contribution >= 4 is 33.5 Å². The number of rotatable bonds is 7. The van der Waals surface area contributed by atoms with Gasteiger partial charge in [0, 0.05) is 12.1 Å². The Balaban J connectivity index is 1.69. The molecular weight excluding hydrogens is 432 g/mol. The van der Waals surface area contributed by atoms with E-state index in [1.54, 1.807) is 42.5 Å². The number of nitriles is 1. The fourth-order valence-corrected chi connectivity index (χ4v) is 4.37. The van der Waals surface area contributed by atoms with Gasteiger partial charge < -0.3 is 9.47 Å². The van der Waals surface area contributed by atoms with Gasteiger partial charge in [0.05, 0.1) is 19.1 Å². The molecule has 0 amide bonds. The van der Waals surface area contributed by atoms with Gasteiger partial charge in [-0.2, -0.15) is 5.26 Å². The van der Waals surface area contributed by atoms with E-state index in [-0.39, 0.29) is 5.57 Å². The Bertz CT molecular complexity index is 1210. The number of sulfonamides is 1. The maximum absolute atomic E-state index is 12.5. The van der Waals surface area contributed by atoms with Crippen LogP contribution in [-0.4, -0.2) is 46.7 Å². The minimum Gasteiger partial charge on any atom is -0.497 e. The van der Waals surface area contributed by atoms with Crippen molar-refractivity contribution < 1.29 is 27.5 Å². The normalized spacial score (nSPS) is 13.7. The second kappa shape index (κ2) is 9.66. The molecule has 0 atom stereocenters. The highest BCUT2D eigenvalue weighted by molar-refractivity contribution is 7.92. The van der Waals surface area contributed by atoms with Crippen molar-refractivity contribution in [2.45, 2.75) is 12.8 Å². The van der Waals surface area contributed by atoms with Crippen LogP contribution in [0.4, 0.5) is 5.69 Å². The predicted octanol–water partition coefficient (Wildman–Crippen LogP) is 2.74. The van der Waals surface area contributed by atoms with Crippen molar-refractivity contribution in [1.82, 2.24) is 0 Å². The summed E-state index contributed by atoms with van der Waals surface area (Å²) in [5, 5.41) is 9.28. The lowest BCUT2D eigenvalue weighted by molar-refractivity contribution is -0.137. The van der Waals surface area contributed by atoms with E-state index in [0.29, 0.717) is 42.0 Å². The van der Waals surface area contributed by atoms with Crippen molar-refractivity contribution in [3.63, 3.8) is 0 Å². The number of ketones is 1. The number of aryl methyl sites for hydroxylation is 1. The third-order valence-corrected chi connectivity index (χ3v) is 6.16. The predicted molar refractivity (Wildman–Crippen MR) is 119 cm³/mol. The standard InChI is InChI=1S/C23H22N2O6S/c1-30-20-8-5-16(6-9-20)12-19(14-24)23(27)31-15-22(26)18-7-10-21-17(13-18)4-3-11-25(21)32(2,28)29/h5-10,12-13H,3-4,11,15H2,1-2H3/b19-12+. The number of methoxy groups -OCH3 is 1. The minimum atomic E-state index is -3.40. The first-order chi connectivity index (χ1) is 15.2. The molecule has 0 bridgehead atoms. The summed E-state index contributed by atoms with van der Waals surface area (Å²) in [6.45, 7) is -0.136. The quantitative estimate of drug-likeness (QED) is 0.273. The zero-order valence-electron chi connectivity index (χ0n) is 17.7. The van der Waals surface area contributed by atoms with Crippen LogP contribution < -0.4 is 9.04 Å². The molecular formula is C23H22N2O6S. The van der Waals surface area contributed by atoms with Crippen LogP contribution in [0, 0.1) is 11.3 Å². The molecule has 0 saturated heterocycles. The van der Waals surface area contributed by atoms with Crippen molar-refractivity contribution in [3.8, 4) is 11.8 Å². The van der Waals surface area contributed by atoms with Crippen molar-refractivity contribution in [1.29, 1.82) is 5.26 Å². The molecule has 1 aliphatic rings. The second-order valence-corrected chi connectivity index (χ2v) is 9.13. The van der Waals surface area contributed by atoms with E-state index in [1.807, 2.05) is 0 Å². The molecule has 32 heavy (non-hydrogen) atoms. The number of hydrogen-bond donors (Lipinski definition) is 0.